The summed E-state index contributed by atoms with van der Waals surface area (Å²) in [6.45, 7) is 8.65. The van der Waals surface area contributed by atoms with Gasteiger partial charge in [0.05, 0.1) is 18.6 Å². The number of nitrogens with zero attached hydrogens (tertiary/aromatic N) is 5. The lowest BCUT2D eigenvalue weighted by Crippen LogP contribution is -2.49. The first-order chi connectivity index (χ1) is 18.1. The molecule has 1 aliphatic heterocycles. The Hall–Kier alpha value is -2.47. The number of hydrogen-bond donors (Lipinski definition) is 0. The van der Waals surface area contributed by atoms with Gasteiger partial charge in [0.25, 0.3) is 5.91 Å². The summed E-state index contributed by atoms with van der Waals surface area (Å²) in [4.78, 5) is 24.2. The van der Waals surface area contributed by atoms with E-state index in [0.29, 0.717) is 30.0 Å². The topological polar surface area (TPSA) is 99.4 Å². The number of aromatic nitrogens is 1. The van der Waals surface area contributed by atoms with Crippen molar-refractivity contribution in [2.24, 2.45) is 0 Å². The summed E-state index contributed by atoms with van der Waals surface area (Å²) in [6.07, 6.45) is 5.25. The van der Waals surface area contributed by atoms with Gasteiger partial charge in [0, 0.05) is 32.2 Å². The van der Waals surface area contributed by atoms with E-state index in [-0.39, 0.29) is 35.0 Å². The molecular formula is C27H41N5O5S. The maximum absolute atomic E-state index is 13.7. The number of benzene rings is 1. The van der Waals surface area contributed by atoms with Crippen molar-refractivity contribution in [1.29, 1.82) is 0 Å². The summed E-state index contributed by atoms with van der Waals surface area (Å²) in [6, 6.07) is 3.37. The molecule has 0 N–H and O–H groups in total. The minimum Gasteiger partial charge on any atom is -0.497 e. The summed E-state index contributed by atoms with van der Waals surface area (Å²) < 4.78 is 39.9. The highest BCUT2D eigenvalue weighted by atomic mass is 32.2. The van der Waals surface area contributed by atoms with Crippen LogP contribution in [0.3, 0.4) is 0 Å². The zero-order chi connectivity index (χ0) is 27.4. The Labute approximate surface area is 226 Å². The van der Waals surface area contributed by atoms with Crippen LogP contribution in [0.1, 0.15) is 53.2 Å². The molecule has 10 nitrogen and oxygen atoms in total. The van der Waals surface area contributed by atoms with Gasteiger partial charge in [-0.15, -0.1) is 0 Å². The third-order valence-corrected chi connectivity index (χ3v) is 9.45. The van der Waals surface area contributed by atoms with Gasteiger partial charge in [0.2, 0.25) is 15.9 Å². The van der Waals surface area contributed by atoms with Crippen molar-refractivity contribution in [3.8, 4) is 5.75 Å². The van der Waals surface area contributed by atoms with Gasteiger partial charge in [-0.1, -0.05) is 0 Å². The van der Waals surface area contributed by atoms with Gasteiger partial charge < -0.3 is 19.0 Å². The number of hydrogen-bond acceptors (Lipinski definition) is 8. The van der Waals surface area contributed by atoms with Gasteiger partial charge >= 0.3 is 0 Å². The molecule has 210 valence electrons. The second-order valence-corrected chi connectivity index (χ2v) is 12.5. The molecule has 0 radical (unpaired) electrons. The summed E-state index contributed by atoms with van der Waals surface area (Å²) in [5.74, 6) is 0.681. The van der Waals surface area contributed by atoms with Crippen molar-refractivity contribution in [1.82, 2.24) is 24.0 Å². The number of amides is 1. The van der Waals surface area contributed by atoms with E-state index in [2.05, 4.69) is 28.9 Å². The SMILES string of the molecule is COc1cc(C)c(S(=O)(=O)N(Cc2nc(C(=O)N3CCN(CCCCN(C)C)CC3)co2)C2CC2)c(C)c1. The van der Waals surface area contributed by atoms with Crippen LogP contribution < -0.4 is 4.74 Å². The van der Waals surface area contributed by atoms with E-state index in [1.54, 1.807) is 38.0 Å². The molecule has 0 bridgehead atoms. The molecule has 2 fully saturated rings. The quantitative estimate of drug-likeness (QED) is 0.374. The molecule has 0 atom stereocenters. The molecule has 11 heteroatoms. The number of aryl methyl sites for hydroxylation is 2. The van der Waals surface area contributed by atoms with Gasteiger partial charge in [-0.3, -0.25) is 9.69 Å². The number of carbonyl (C=O) groups excluding carboxylic acids is 1. The third kappa shape index (κ3) is 6.74. The summed E-state index contributed by atoms with van der Waals surface area (Å²) >= 11 is 0. The molecule has 0 spiro atoms. The van der Waals surface area contributed by atoms with Crippen LogP contribution in [0, 0.1) is 13.8 Å². The van der Waals surface area contributed by atoms with Crippen LogP contribution in [0.25, 0.3) is 0 Å². The standard InChI is InChI=1S/C27H41N5O5S/c1-20-16-23(36-5)17-21(2)26(20)38(34,35)32(22-8-9-22)18-25-28-24(19-37-25)27(33)31-14-12-30(13-15-31)11-7-6-10-29(3)4/h16-17,19,22H,6-15,18H2,1-5H3. The van der Waals surface area contributed by atoms with Gasteiger partial charge in [-0.05, 0) is 90.0 Å². The van der Waals surface area contributed by atoms with Crippen LogP contribution in [0.5, 0.6) is 5.75 Å². The van der Waals surface area contributed by atoms with E-state index in [0.717, 1.165) is 45.4 Å². The normalized spacial score (nSPS) is 17.0. The molecular weight excluding hydrogens is 506 g/mol. The van der Waals surface area contributed by atoms with E-state index in [1.165, 1.54) is 17.0 Å². The number of methoxy groups -OCH3 is 1. The van der Waals surface area contributed by atoms with Crippen LogP contribution >= 0.6 is 0 Å². The number of oxazole rings is 1. The molecule has 1 aromatic carbocycles. The van der Waals surface area contributed by atoms with Crippen molar-refractivity contribution in [2.75, 3.05) is 60.5 Å². The Morgan fingerprint density at radius 2 is 1.76 bits per heavy atom. The Balaban J connectivity index is 1.38. The molecule has 1 aromatic heterocycles. The minimum absolute atomic E-state index is 0.00802. The molecule has 2 aliphatic rings. The Bertz CT molecular complexity index is 1190. The van der Waals surface area contributed by atoms with Crippen LogP contribution in [0.2, 0.25) is 0 Å². The van der Waals surface area contributed by atoms with Crippen LogP contribution in [0.15, 0.2) is 27.7 Å². The molecule has 1 aliphatic carbocycles. The minimum atomic E-state index is -3.80. The van der Waals surface area contributed by atoms with Crippen molar-refractivity contribution in [3.63, 3.8) is 0 Å². The fourth-order valence-corrected chi connectivity index (χ4v) is 7.09. The predicted octanol–water partition coefficient (Wildman–Crippen LogP) is 2.75. The lowest BCUT2D eigenvalue weighted by molar-refractivity contribution is 0.0629. The number of ether oxygens (including phenoxy) is 1. The lowest BCUT2D eigenvalue weighted by atomic mass is 10.1. The van der Waals surface area contributed by atoms with Crippen molar-refractivity contribution < 1.29 is 22.4 Å². The summed E-state index contributed by atoms with van der Waals surface area (Å²) in [5, 5.41) is 0. The van der Waals surface area contributed by atoms with Crippen molar-refractivity contribution >= 4 is 15.9 Å². The van der Waals surface area contributed by atoms with E-state index in [9.17, 15) is 13.2 Å². The smallest absolute Gasteiger partial charge is 0.275 e. The molecule has 1 saturated heterocycles. The summed E-state index contributed by atoms with van der Waals surface area (Å²) in [5.41, 5.74) is 1.49. The highest BCUT2D eigenvalue weighted by molar-refractivity contribution is 7.89. The average Bonchev–Trinajstić information content (AvgIpc) is 3.60. The van der Waals surface area contributed by atoms with E-state index >= 15 is 0 Å². The summed E-state index contributed by atoms with van der Waals surface area (Å²) in [7, 11) is 1.94. The van der Waals surface area contributed by atoms with E-state index in [4.69, 9.17) is 9.15 Å². The zero-order valence-electron chi connectivity index (χ0n) is 23.3. The van der Waals surface area contributed by atoms with Crippen molar-refractivity contribution in [2.45, 2.75) is 57.0 Å². The molecule has 4 rings (SSSR count). The second kappa shape index (κ2) is 12.1. The van der Waals surface area contributed by atoms with E-state index in [1.807, 2.05) is 0 Å². The Morgan fingerprint density at radius 3 is 2.34 bits per heavy atom. The second-order valence-electron chi connectivity index (χ2n) is 10.6. The van der Waals surface area contributed by atoms with Gasteiger partial charge in [0.15, 0.2) is 5.69 Å². The number of piperazine rings is 1. The Morgan fingerprint density at radius 1 is 1.11 bits per heavy atom. The highest BCUT2D eigenvalue weighted by Gasteiger charge is 2.40. The van der Waals surface area contributed by atoms with Crippen LogP contribution in [-0.2, 0) is 16.6 Å². The maximum atomic E-state index is 13.7. The molecule has 1 saturated carbocycles. The first kappa shape index (κ1) is 28.5. The zero-order valence-corrected chi connectivity index (χ0v) is 24.1. The monoisotopic (exact) mass is 547 g/mol. The van der Waals surface area contributed by atoms with Crippen LogP contribution in [-0.4, -0.2) is 105 Å². The van der Waals surface area contributed by atoms with Crippen molar-refractivity contribution in [3.05, 3.63) is 41.1 Å². The molecule has 38 heavy (non-hydrogen) atoms. The fourth-order valence-electron chi connectivity index (χ4n) is 5.04. The lowest BCUT2D eigenvalue weighted by Gasteiger charge is -2.34. The molecule has 1 amide bonds. The predicted molar refractivity (Wildman–Crippen MR) is 145 cm³/mol. The number of rotatable bonds is 12. The maximum Gasteiger partial charge on any atom is 0.275 e. The average molecular weight is 548 g/mol. The van der Waals surface area contributed by atoms with E-state index < -0.39 is 10.0 Å². The van der Waals surface area contributed by atoms with Gasteiger partial charge in [-0.2, -0.15) is 4.31 Å². The Kier molecular flexibility index (Phi) is 9.12. The number of carbonyl (C=O) groups is 1. The van der Waals surface area contributed by atoms with Crippen LogP contribution in [0.4, 0.5) is 0 Å². The first-order valence-electron chi connectivity index (χ1n) is 13.4. The van der Waals surface area contributed by atoms with Gasteiger partial charge in [-0.25, -0.2) is 13.4 Å². The molecule has 2 heterocycles. The third-order valence-electron chi connectivity index (χ3n) is 7.24. The largest absolute Gasteiger partial charge is 0.497 e. The first-order valence-corrected chi connectivity index (χ1v) is 14.8. The number of sulfonamides is 1. The highest BCUT2D eigenvalue weighted by Crippen LogP contribution is 2.36. The molecule has 0 unspecified atom stereocenters. The fraction of sp³-hybridized carbons (Fsp3) is 0.630. The molecule has 2 aromatic rings. The van der Waals surface area contributed by atoms with Gasteiger partial charge in [0.1, 0.15) is 12.0 Å². The number of unbranched alkanes of at least 4 members (excludes halogenated alkanes) is 1.